The predicted molar refractivity (Wildman–Crippen MR) is 184 cm³/mol. The van der Waals surface area contributed by atoms with Crippen LogP contribution in [0.3, 0.4) is 0 Å². The maximum Gasteiger partial charge on any atom is 0.264 e. The van der Waals surface area contributed by atoms with E-state index in [1.165, 1.54) is 29.2 Å². The summed E-state index contributed by atoms with van der Waals surface area (Å²) in [7, 11) is -4.20. The van der Waals surface area contributed by atoms with E-state index in [0.717, 1.165) is 25.5 Å². The van der Waals surface area contributed by atoms with Gasteiger partial charge in [-0.25, -0.2) is 8.42 Å². The fraction of sp³-hybridized carbons (Fsp3) is 0.257. The average Bonchev–Trinajstić information content (AvgIpc) is 3.02. The lowest BCUT2D eigenvalue weighted by Crippen LogP contribution is -2.53. The Morgan fingerprint density at radius 3 is 2.07 bits per heavy atom. The zero-order valence-corrected chi connectivity index (χ0v) is 28.6. The first-order chi connectivity index (χ1) is 21.4. The molecule has 0 fully saturated rings. The number of nitrogens with one attached hydrogen (secondary N) is 1. The van der Waals surface area contributed by atoms with Gasteiger partial charge in [0.05, 0.1) is 10.6 Å². The second-order valence-electron chi connectivity index (χ2n) is 11.3. The van der Waals surface area contributed by atoms with Crippen molar-refractivity contribution in [1.29, 1.82) is 0 Å². The molecule has 4 rings (SSSR count). The number of rotatable bonds is 13. The number of carbonyl (C=O) groups is 2. The highest BCUT2D eigenvalue weighted by molar-refractivity contribution is 9.10. The molecular weight excluding hydrogens is 674 g/mol. The van der Waals surface area contributed by atoms with Gasteiger partial charge in [-0.3, -0.25) is 13.9 Å². The topological polar surface area (TPSA) is 86.8 Å². The molecule has 236 valence electrons. The molecule has 1 N–H and O–H groups in total. The second kappa shape index (κ2) is 15.6. The highest BCUT2D eigenvalue weighted by Gasteiger charge is 2.34. The first-order valence-electron chi connectivity index (χ1n) is 14.6. The lowest BCUT2D eigenvalue weighted by Gasteiger charge is -2.34. The van der Waals surface area contributed by atoms with E-state index in [4.69, 9.17) is 11.6 Å². The molecule has 0 aliphatic rings. The number of aryl methyl sites for hydroxylation is 1. The van der Waals surface area contributed by atoms with Crippen molar-refractivity contribution >= 4 is 55.1 Å². The van der Waals surface area contributed by atoms with Crippen molar-refractivity contribution in [2.75, 3.05) is 17.4 Å². The van der Waals surface area contributed by atoms with Gasteiger partial charge in [0, 0.05) is 29.0 Å². The van der Waals surface area contributed by atoms with Crippen molar-refractivity contribution in [1.82, 2.24) is 10.2 Å². The van der Waals surface area contributed by atoms with Gasteiger partial charge in [-0.15, -0.1) is 0 Å². The minimum atomic E-state index is -4.20. The number of nitrogens with zero attached hydrogens (tertiary/aromatic N) is 2. The fourth-order valence-corrected chi connectivity index (χ4v) is 6.54. The smallest absolute Gasteiger partial charge is 0.264 e. The molecule has 0 unspecified atom stereocenters. The van der Waals surface area contributed by atoms with Crippen LogP contribution in [0.5, 0.6) is 0 Å². The number of sulfonamides is 1. The van der Waals surface area contributed by atoms with Gasteiger partial charge in [0.1, 0.15) is 12.6 Å². The van der Waals surface area contributed by atoms with Gasteiger partial charge >= 0.3 is 0 Å². The van der Waals surface area contributed by atoms with Crippen LogP contribution < -0.4 is 9.62 Å². The standard InChI is InChI=1S/C35H37BrClN3O4S/c1-25(2)22-38-35(42)33(21-27-7-5-4-6-8-27)39(23-28-11-13-29(36)14-12-28)34(41)24-40(31-17-9-26(3)10-18-31)45(43,44)32-19-15-30(37)16-20-32/h4-20,25,33H,21-24H2,1-3H3,(H,38,42)/t33-/m1/s1. The van der Waals surface area contributed by atoms with Gasteiger partial charge in [-0.05, 0) is 72.5 Å². The number of amides is 2. The molecule has 0 spiro atoms. The summed E-state index contributed by atoms with van der Waals surface area (Å²) < 4.78 is 30.1. The third-order valence-corrected chi connectivity index (χ3v) is 9.79. The van der Waals surface area contributed by atoms with E-state index in [-0.39, 0.29) is 29.7 Å². The molecule has 0 saturated carbocycles. The highest BCUT2D eigenvalue weighted by atomic mass is 79.9. The minimum absolute atomic E-state index is 0.00440. The van der Waals surface area contributed by atoms with Gasteiger partial charge < -0.3 is 10.2 Å². The first kappa shape index (κ1) is 34.2. The average molecular weight is 711 g/mol. The Morgan fingerprint density at radius 1 is 0.844 bits per heavy atom. The van der Waals surface area contributed by atoms with Gasteiger partial charge in [-0.2, -0.15) is 0 Å². The molecule has 0 saturated heterocycles. The minimum Gasteiger partial charge on any atom is -0.354 e. The lowest BCUT2D eigenvalue weighted by molar-refractivity contribution is -0.140. The van der Waals surface area contributed by atoms with E-state index in [9.17, 15) is 18.0 Å². The largest absolute Gasteiger partial charge is 0.354 e. The molecule has 4 aromatic carbocycles. The number of carbonyl (C=O) groups excluding carboxylic acids is 2. The van der Waals surface area contributed by atoms with Crippen LogP contribution in [-0.2, 0) is 32.6 Å². The molecule has 0 radical (unpaired) electrons. The number of benzene rings is 4. The predicted octanol–water partition coefficient (Wildman–Crippen LogP) is 7.02. The van der Waals surface area contributed by atoms with Crippen LogP contribution in [0.1, 0.15) is 30.5 Å². The summed E-state index contributed by atoms with van der Waals surface area (Å²) in [6, 6.07) is 28.8. The van der Waals surface area contributed by atoms with Crippen molar-refractivity contribution in [2.45, 2.75) is 44.7 Å². The van der Waals surface area contributed by atoms with Crippen molar-refractivity contribution in [3.05, 3.63) is 129 Å². The normalized spacial score (nSPS) is 12.0. The van der Waals surface area contributed by atoms with Crippen molar-refractivity contribution in [3.8, 4) is 0 Å². The van der Waals surface area contributed by atoms with Crippen molar-refractivity contribution in [3.63, 3.8) is 0 Å². The lowest BCUT2D eigenvalue weighted by atomic mass is 10.0. The van der Waals surface area contributed by atoms with Crippen LogP contribution in [-0.4, -0.2) is 44.3 Å². The van der Waals surface area contributed by atoms with E-state index < -0.39 is 28.5 Å². The molecule has 0 aliphatic heterocycles. The number of anilines is 1. The Kier molecular flexibility index (Phi) is 11.8. The van der Waals surface area contributed by atoms with Gasteiger partial charge in [0.15, 0.2) is 0 Å². The summed E-state index contributed by atoms with van der Waals surface area (Å²) in [5.74, 6) is -0.624. The van der Waals surface area contributed by atoms with Crippen LogP contribution in [0.2, 0.25) is 5.02 Å². The molecule has 1 atom stereocenters. The second-order valence-corrected chi connectivity index (χ2v) is 14.5. The van der Waals surface area contributed by atoms with E-state index in [2.05, 4.69) is 21.2 Å². The van der Waals surface area contributed by atoms with E-state index in [0.29, 0.717) is 17.3 Å². The number of halogens is 2. The Hall–Kier alpha value is -3.66. The van der Waals surface area contributed by atoms with Crippen molar-refractivity contribution < 1.29 is 18.0 Å². The van der Waals surface area contributed by atoms with Crippen LogP contribution in [0, 0.1) is 12.8 Å². The molecule has 0 heterocycles. The molecule has 0 aliphatic carbocycles. The summed E-state index contributed by atoms with van der Waals surface area (Å²) >= 11 is 9.51. The third kappa shape index (κ3) is 9.42. The van der Waals surface area contributed by atoms with Gasteiger partial charge in [0.2, 0.25) is 11.8 Å². The zero-order chi connectivity index (χ0) is 32.6. The van der Waals surface area contributed by atoms with E-state index in [1.807, 2.05) is 75.4 Å². The molecule has 0 aromatic heterocycles. The molecule has 4 aromatic rings. The maximum absolute atomic E-state index is 14.5. The zero-order valence-electron chi connectivity index (χ0n) is 25.5. The Morgan fingerprint density at radius 2 is 1.47 bits per heavy atom. The van der Waals surface area contributed by atoms with Crippen LogP contribution in [0.15, 0.2) is 112 Å². The molecule has 2 amide bonds. The number of hydrogen-bond acceptors (Lipinski definition) is 4. The van der Waals surface area contributed by atoms with E-state index in [1.54, 1.807) is 24.3 Å². The Balaban J connectivity index is 1.79. The fourth-order valence-electron chi connectivity index (χ4n) is 4.74. The van der Waals surface area contributed by atoms with Crippen LogP contribution in [0.25, 0.3) is 0 Å². The Bertz CT molecular complexity index is 1680. The summed E-state index contributed by atoms with van der Waals surface area (Å²) in [4.78, 5) is 29.8. The molecule has 45 heavy (non-hydrogen) atoms. The molecule has 0 bridgehead atoms. The monoisotopic (exact) mass is 709 g/mol. The van der Waals surface area contributed by atoms with Gasteiger partial charge in [0.25, 0.3) is 10.0 Å². The van der Waals surface area contributed by atoms with Crippen LogP contribution in [0.4, 0.5) is 5.69 Å². The first-order valence-corrected chi connectivity index (χ1v) is 17.3. The molecule has 7 nitrogen and oxygen atoms in total. The summed E-state index contributed by atoms with van der Waals surface area (Å²) in [5.41, 5.74) is 2.94. The van der Waals surface area contributed by atoms with Crippen LogP contribution >= 0.6 is 27.5 Å². The summed E-state index contributed by atoms with van der Waals surface area (Å²) in [6.45, 7) is 5.91. The number of hydrogen-bond donors (Lipinski definition) is 1. The Labute approximate surface area is 279 Å². The quantitative estimate of drug-likeness (QED) is 0.162. The summed E-state index contributed by atoms with van der Waals surface area (Å²) in [6.07, 6.45) is 0.251. The SMILES string of the molecule is Cc1ccc(N(CC(=O)N(Cc2ccc(Br)cc2)[C@H](Cc2ccccc2)C(=O)NCC(C)C)S(=O)(=O)c2ccc(Cl)cc2)cc1. The highest BCUT2D eigenvalue weighted by Crippen LogP contribution is 2.26. The molecule has 10 heteroatoms. The van der Waals surface area contributed by atoms with E-state index >= 15 is 0 Å². The third-order valence-electron chi connectivity index (χ3n) is 7.22. The van der Waals surface area contributed by atoms with Gasteiger partial charge in [-0.1, -0.05) is 102 Å². The van der Waals surface area contributed by atoms with Crippen molar-refractivity contribution in [2.24, 2.45) is 5.92 Å². The summed E-state index contributed by atoms with van der Waals surface area (Å²) in [5, 5.41) is 3.39. The molecular formula is C35H37BrClN3O4S. The maximum atomic E-state index is 14.5.